The van der Waals surface area contributed by atoms with Crippen molar-refractivity contribution in [3.63, 3.8) is 0 Å². The van der Waals surface area contributed by atoms with Gasteiger partial charge in [0.05, 0.1) is 0 Å². The minimum atomic E-state index is -0.691. The molecule has 24 heavy (non-hydrogen) atoms. The van der Waals surface area contributed by atoms with Crippen LogP contribution in [0.5, 0.6) is 5.75 Å². The van der Waals surface area contributed by atoms with Crippen molar-refractivity contribution in [2.24, 2.45) is 0 Å². The Kier molecular flexibility index (Phi) is 6.12. The fourth-order valence-electron chi connectivity index (χ4n) is 2.73. The number of ether oxygens (including phenoxy) is 1. The first-order chi connectivity index (χ1) is 11.2. The van der Waals surface area contributed by atoms with E-state index in [1.807, 2.05) is 26.0 Å². The molecule has 0 heterocycles. The number of halogens is 1. The smallest absolute Gasteiger partial charge is 0.342 e. The zero-order valence-corrected chi connectivity index (χ0v) is 16.9. The Bertz CT molecular complexity index is 686. The van der Waals surface area contributed by atoms with Gasteiger partial charge in [-0.1, -0.05) is 32.1 Å². The van der Waals surface area contributed by atoms with Crippen molar-refractivity contribution in [3.05, 3.63) is 50.6 Å². The Morgan fingerprint density at radius 2 is 2.04 bits per heavy atom. The van der Waals surface area contributed by atoms with Crippen molar-refractivity contribution in [2.45, 2.75) is 58.5 Å². The van der Waals surface area contributed by atoms with E-state index in [1.165, 1.54) is 3.58 Å². The molecule has 0 aliphatic heterocycles. The van der Waals surface area contributed by atoms with E-state index in [-0.39, 0.29) is 11.3 Å². The fraction of sp³-hybridized carbons (Fsp3) is 0.450. The van der Waals surface area contributed by atoms with Gasteiger partial charge in [0.25, 0.3) is 0 Å². The van der Waals surface area contributed by atoms with Gasteiger partial charge >= 0.3 is 5.97 Å². The molecule has 1 aliphatic rings. The number of rotatable bonds is 5. The van der Waals surface area contributed by atoms with Crippen LogP contribution in [0.25, 0.3) is 0 Å². The summed E-state index contributed by atoms with van der Waals surface area (Å²) in [5.74, 6) is -0.179. The molecule has 1 aromatic rings. The van der Waals surface area contributed by atoms with E-state index in [1.54, 1.807) is 12.1 Å². The molecule has 0 radical (unpaired) electrons. The molecule has 1 atom stereocenters. The minimum Gasteiger partial charge on any atom is -0.507 e. The lowest BCUT2D eigenvalue weighted by molar-refractivity contribution is 0.0119. The van der Waals surface area contributed by atoms with E-state index < -0.39 is 11.6 Å². The van der Waals surface area contributed by atoms with E-state index in [0.29, 0.717) is 5.92 Å². The third-order valence-corrected chi connectivity index (χ3v) is 5.54. The molecule has 1 N–H and O–H groups in total. The highest BCUT2D eigenvalue weighted by molar-refractivity contribution is 14.1. The molecule has 0 saturated heterocycles. The SMILES string of the molecule is CCC(C)c1ccc(O)c(C(=O)OC(C)(C)C2=CC=C(I)CC2)c1. The van der Waals surface area contributed by atoms with Crippen LogP contribution >= 0.6 is 22.6 Å². The summed E-state index contributed by atoms with van der Waals surface area (Å²) in [5, 5.41) is 10.1. The van der Waals surface area contributed by atoms with E-state index in [4.69, 9.17) is 4.74 Å². The third-order valence-electron chi connectivity index (χ3n) is 4.64. The molecular formula is C20H25IO3. The molecule has 1 aromatic carbocycles. The summed E-state index contributed by atoms with van der Waals surface area (Å²) >= 11 is 2.32. The van der Waals surface area contributed by atoms with E-state index >= 15 is 0 Å². The standard InChI is InChI=1S/C20H25IO3/c1-5-13(2)14-6-11-18(22)17(12-14)19(23)24-20(3,4)15-7-9-16(21)10-8-15/h6-7,9,11-13,22H,5,8,10H2,1-4H3. The first-order valence-electron chi connectivity index (χ1n) is 8.36. The topological polar surface area (TPSA) is 46.5 Å². The maximum atomic E-state index is 12.6. The second-order valence-electron chi connectivity index (χ2n) is 6.79. The van der Waals surface area contributed by atoms with Crippen molar-refractivity contribution in [1.29, 1.82) is 0 Å². The number of hydrogen-bond acceptors (Lipinski definition) is 3. The van der Waals surface area contributed by atoms with Crippen LogP contribution in [-0.2, 0) is 4.74 Å². The molecule has 0 bridgehead atoms. The van der Waals surface area contributed by atoms with Gasteiger partial charge in [-0.25, -0.2) is 4.79 Å². The zero-order valence-electron chi connectivity index (χ0n) is 14.7. The number of aromatic hydroxyl groups is 1. The van der Waals surface area contributed by atoms with Crippen molar-refractivity contribution >= 4 is 28.6 Å². The van der Waals surface area contributed by atoms with Gasteiger partial charge in [0.1, 0.15) is 16.9 Å². The average Bonchev–Trinajstić information content (AvgIpc) is 2.54. The summed E-state index contributed by atoms with van der Waals surface area (Å²) in [6.07, 6.45) is 6.93. The van der Waals surface area contributed by atoms with Crippen LogP contribution < -0.4 is 0 Å². The number of phenolic OH excluding ortho intramolecular Hbond substituents is 1. The summed E-state index contributed by atoms with van der Waals surface area (Å²) in [6.45, 7) is 8.01. The van der Waals surface area contributed by atoms with Crippen LogP contribution in [0.4, 0.5) is 0 Å². The summed E-state index contributed by atoms with van der Waals surface area (Å²) in [4.78, 5) is 12.6. The van der Waals surface area contributed by atoms with E-state index in [2.05, 4.69) is 42.5 Å². The predicted molar refractivity (Wildman–Crippen MR) is 106 cm³/mol. The molecule has 0 aromatic heterocycles. The quantitative estimate of drug-likeness (QED) is 0.460. The Hall–Kier alpha value is -1.30. The van der Waals surface area contributed by atoms with Crippen molar-refractivity contribution < 1.29 is 14.6 Å². The van der Waals surface area contributed by atoms with Crippen LogP contribution in [0.3, 0.4) is 0 Å². The Balaban J connectivity index is 2.23. The predicted octanol–water partition coefficient (Wildman–Crippen LogP) is 5.88. The third kappa shape index (κ3) is 4.41. The molecule has 130 valence electrons. The molecule has 2 rings (SSSR count). The van der Waals surface area contributed by atoms with E-state index in [9.17, 15) is 9.90 Å². The van der Waals surface area contributed by atoms with Crippen LogP contribution in [0.1, 0.15) is 68.8 Å². The Morgan fingerprint density at radius 3 is 2.62 bits per heavy atom. The second-order valence-corrected chi connectivity index (χ2v) is 8.18. The first kappa shape index (κ1) is 19.0. The number of benzene rings is 1. The fourth-order valence-corrected chi connectivity index (χ4v) is 3.17. The summed E-state index contributed by atoms with van der Waals surface area (Å²) < 4.78 is 7.05. The highest BCUT2D eigenvalue weighted by Gasteiger charge is 2.30. The van der Waals surface area contributed by atoms with Gasteiger partial charge in [-0.15, -0.1) is 0 Å². The number of carbonyl (C=O) groups is 1. The molecule has 3 nitrogen and oxygen atoms in total. The highest BCUT2D eigenvalue weighted by Crippen LogP contribution is 2.33. The summed E-state index contributed by atoms with van der Waals surface area (Å²) in [6, 6.07) is 5.19. The largest absolute Gasteiger partial charge is 0.507 e. The second kappa shape index (κ2) is 7.72. The number of allylic oxidation sites excluding steroid dienone is 3. The molecule has 4 heteroatoms. The van der Waals surface area contributed by atoms with Crippen molar-refractivity contribution in [2.75, 3.05) is 0 Å². The van der Waals surface area contributed by atoms with Crippen LogP contribution in [0.2, 0.25) is 0 Å². The van der Waals surface area contributed by atoms with Gasteiger partial charge in [0, 0.05) is 0 Å². The zero-order chi connectivity index (χ0) is 17.9. The van der Waals surface area contributed by atoms with Gasteiger partial charge in [0.15, 0.2) is 0 Å². The van der Waals surface area contributed by atoms with Gasteiger partial charge in [-0.05, 0) is 88.5 Å². The maximum Gasteiger partial charge on any atom is 0.342 e. The number of phenols is 1. The lowest BCUT2D eigenvalue weighted by Crippen LogP contribution is -2.31. The van der Waals surface area contributed by atoms with Crippen LogP contribution in [-0.4, -0.2) is 16.7 Å². The molecule has 0 amide bonds. The maximum absolute atomic E-state index is 12.6. The van der Waals surface area contributed by atoms with Crippen molar-refractivity contribution in [3.8, 4) is 5.75 Å². The average molecular weight is 440 g/mol. The normalized spacial score (nSPS) is 16.2. The van der Waals surface area contributed by atoms with Gasteiger partial charge in [-0.3, -0.25) is 0 Å². The Labute approximate surface area is 157 Å². The van der Waals surface area contributed by atoms with Gasteiger partial charge < -0.3 is 9.84 Å². The monoisotopic (exact) mass is 440 g/mol. The highest BCUT2D eigenvalue weighted by atomic mass is 127. The lowest BCUT2D eigenvalue weighted by atomic mass is 9.90. The lowest BCUT2D eigenvalue weighted by Gasteiger charge is -2.30. The number of esters is 1. The number of hydrogen-bond donors (Lipinski definition) is 1. The first-order valence-corrected chi connectivity index (χ1v) is 9.44. The van der Waals surface area contributed by atoms with Crippen LogP contribution in [0, 0.1) is 0 Å². The minimum absolute atomic E-state index is 0.0325. The van der Waals surface area contributed by atoms with Gasteiger partial charge in [0.2, 0.25) is 0 Å². The molecule has 0 spiro atoms. The molecular weight excluding hydrogens is 415 g/mol. The molecule has 0 saturated carbocycles. The molecule has 1 unspecified atom stereocenters. The molecule has 1 aliphatic carbocycles. The Morgan fingerprint density at radius 1 is 1.33 bits per heavy atom. The van der Waals surface area contributed by atoms with Crippen LogP contribution in [0.15, 0.2) is 39.5 Å². The summed E-state index contributed by atoms with van der Waals surface area (Å²) in [7, 11) is 0. The summed E-state index contributed by atoms with van der Waals surface area (Å²) in [5.41, 5.74) is 1.68. The van der Waals surface area contributed by atoms with Crippen molar-refractivity contribution in [1.82, 2.24) is 0 Å². The number of carbonyl (C=O) groups excluding carboxylic acids is 1. The van der Waals surface area contributed by atoms with E-state index in [0.717, 1.165) is 30.4 Å². The molecule has 0 fully saturated rings. The van der Waals surface area contributed by atoms with Gasteiger partial charge in [-0.2, -0.15) is 0 Å².